The fraction of sp³-hybridized carbons (Fsp3) is 0.286. The smallest absolute Gasteiger partial charge is 0.275 e. The molecule has 5 nitrogen and oxygen atoms in total. The summed E-state index contributed by atoms with van der Waals surface area (Å²) in [6.07, 6.45) is 6.19. The Balaban J connectivity index is 1.56. The Morgan fingerprint density at radius 3 is 2.79 bits per heavy atom. The Labute approximate surface area is 170 Å². The number of benzene rings is 1. The maximum Gasteiger partial charge on any atom is 0.275 e. The van der Waals surface area contributed by atoms with E-state index in [1.165, 1.54) is 11.4 Å². The van der Waals surface area contributed by atoms with Gasteiger partial charge in [0.15, 0.2) is 0 Å². The molecule has 0 radical (unpaired) electrons. The van der Waals surface area contributed by atoms with Crippen molar-refractivity contribution in [2.75, 3.05) is 5.32 Å². The zero-order chi connectivity index (χ0) is 20.4. The lowest BCUT2D eigenvalue weighted by Crippen LogP contribution is -2.21. The van der Waals surface area contributed by atoms with Gasteiger partial charge in [0.2, 0.25) is 0 Å². The SMILES string of the molecule is C[C@H]1CCC[C@@H](c2ccncc2NC(=O)c2csc(-c3c(F)cccc3F)n2)O1. The van der Waals surface area contributed by atoms with E-state index >= 15 is 0 Å². The zero-order valence-corrected chi connectivity index (χ0v) is 16.5. The summed E-state index contributed by atoms with van der Waals surface area (Å²) in [5.41, 5.74) is 1.25. The molecule has 0 saturated carbocycles. The number of aromatic nitrogens is 2. The van der Waals surface area contributed by atoms with Gasteiger partial charge in [-0.2, -0.15) is 0 Å². The number of hydrogen-bond acceptors (Lipinski definition) is 5. The molecule has 29 heavy (non-hydrogen) atoms. The van der Waals surface area contributed by atoms with Crippen LogP contribution in [0.4, 0.5) is 14.5 Å². The van der Waals surface area contributed by atoms with Crippen molar-refractivity contribution in [1.82, 2.24) is 9.97 Å². The van der Waals surface area contributed by atoms with Crippen molar-refractivity contribution in [3.63, 3.8) is 0 Å². The van der Waals surface area contributed by atoms with Gasteiger partial charge in [-0.1, -0.05) is 6.07 Å². The average molecular weight is 415 g/mol. The van der Waals surface area contributed by atoms with E-state index in [2.05, 4.69) is 15.3 Å². The Morgan fingerprint density at radius 1 is 1.24 bits per heavy atom. The predicted molar refractivity (Wildman–Crippen MR) is 107 cm³/mol. The van der Waals surface area contributed by atoms with E-state index in [0.717, 1.165) is 48.3 Å². The maximum absolute atomic E-state index is 14.0. The summed E-state index contributed by atoms with van der Waals surface area (Å²) in [6, 6.07) is 5.44. The van der Waals surface area contributed by atoms with Crippen LogP contribution in [0.5, 0.6) is 0 Å². The number of carbonyl (C=O) groups is 1. The van der Waals surface area contributed by atoms with Crippen molar-refractivity contribution in [2.24, 2.45) is 0 Å². The van der Waals surface area contributed by atoms with E-state index in [4.69, 9.17) is 4.74 Å². The largest absolute Gasteiger partial charge is 0.371 e. The van der Waals surface area contributed by atoms with Gasteiger partial charge in [0.1, 0.15) is 22.3 Å². The van der Waals surface area contributed by atoms with Crippen LogP contribution >= 0.6 is 11.3 Å². The standard InChI is InChI=1S/C21H19F2N3O2S/c1-12-4-2-7-18(28-12)13-8-9-24-10-16(13)25-20(27)17-11-29-21(26-17)19-14(22)5-3-6-15(19)23/h3,5-6,8-12,18H,2,4,7H2,1H3,(H,25,27)/t12-,18-/m0/s1. The van der Waals surface area contributed by atoms with E-state index in [-0.39, 0.29) is 28.5 Å². The second-order valence-corrected chi connectivity index (χ2v) is 7.78. The second kappa shape index (κ2) is 8.34. The van der Waals surface area contributed by atoms with Crippen molar-refractivity contribution in [2.45, 2.75) is 38.4 Å². The Hall–Kier alpha value is -2.71. The quantitative estimate of drug-likeness (QED) is 0.623. The van der Waals surface area contributed by atoms with Gasteiger partial charge < -0.3 is 10.1 Å². The van der Waals surface area contributed by atoms with Crippen LogP contribution in [0.2, 0.25) is 0 Å². The molecule has 1 amide bonds. The third-order valence-electron chi connectivity index (χ3n) is 4.84. The minimum Gasteiger partial charge on any atom is -0.371 e. The second-order valence-electron chi connectivity index (χ2n) is 6.92. The number of rotatable bonds is 4. The summed E-state index contributed by atoms with van der Waals surface area (Å²) in [5.74, 6) is -1.91. The van der Waals surface area contributed by atoms with E-state index in [1.54, 1.807) is 12.4 Å². The van der Waals surface area contributed by atoms with Crippen LogP contribution in [0.3, 0.4) is 0 Å². The van der Waals surface area contributed by atoms with Gasteiger partial charge in [-0.25, -0.2) is 13.8 Å². The lowest BCUT2D eigenvalue weighted by Gasteiger charge is -2.29. The molecule has 0 aliphatic carbocycles. The molecule has 1 aliphatic rings. The summed E-state index contributed by atoms with van der Waals surface area (Å²) in [6.45, 7) is 2.03. The van der Waals surface area contributed by atoms with Crippen LogP contribution in [0.15, 0.2) is 42.0 Å². The van der Waals surface area contributed by atoms with Crippen molar-refractivity contribution < 1.29 is 18.3 Å². The number of amides is 1. The molecule has 1 N–H and O–H groups in total. The van der Waals surface area contributed by atoms with Gasteiger partial charge >= 0.3 is 0 Å². The van der Waals surface area contributed by atoms with Crippen LogP contribution < -0.4 is 5.32 Å². The monoisotopic (exact) mass is 415 g/mol. The average Bonchev–Trinajstić information content (AvgIpc) is 3.18. The number of thiazole rings is 1. The van der Waals surface area contributed by atoms with Crippen LogP contribution in [-0.4, -0.2) is 22.0 Å². The highest BCUT2D eigenvalue weighted by molar-refractivity contribution is 7.13. The molecular formula is C21H19F2N3O2S. The molecular weight excluding hydrogens is 396 g/mol. The van der Waals surface area contributed by atoms with Crippen LogP contribution in [0.1, 0.15) is 48.3 Å². The van der Waals surface area contributed by atoms with Crippen molar-refractivity contribution >= 4 is 22.9 Å². The van der Waals surface area contributed by atoms with Crippen LogP contribution in [0, 0.1) is 11.6 Å². The van der Waals surface area contributed by atoms with E-state index in [0.29, 0.717) is 5.69 Å². The fourth-order valence-electron chi connectivity index (χ4n) is 3.41. The number of halogens is 2. The first kappa shape index (κ1) is 19.6. The van der Waals surface area contributed by atoms with Crippen molar-refractivity contribution in [3.8, 4) is 10.6 Å². The van der Waals surface area contributed by atoms with Gasteiger partial charge in [0.25, 0.3) is 5.91 Å². The molecule has 0 unspecified atom stereocenters. The van der Waals surface area contributed by atoms with Gasteiger partial charge in [-0.15, -0.1) is 11.3 Å². The number of hydrogen-bond donors (Lipinski definition) is 1. The molecule has 2 atom stereocenters. The first-order valence-corrected chi connectivity index (χ1v) is 10.2. The molecule has 4 rings (SSSR count). The van der Waals surface area contributed by atoms with Crippen LogP contribution in [0.25, 0.3) is 10.6 Å². The number of pyridine rings is 1. The Bertz CT molecular complexity index is 1020. The third-order valence-corrected chi connectivity index (χ3v) is 5.70. The number of nitrogens with zero attached hydrogens (tertiary/aromatic N) is 2. The topological polar surface area (TPSA) is 64.1 Å². The molecule has 1 aliphatic heterocycles. The molecule has 0 spiro atoms. The number of ether oxygens (including phenoxy) is 1. The normalized spacial score (nSPS) is 19.1. The molecule has 3 heterocycles. The first-order valence-electron chi connectivity index (χ1n) is 9.33. The van der Waals surface area contributed by atoms with E-state index < -0.39 is 17.5 Å². The first-order chi connectivity index (χ1) is 14.0. The molecule has 1 fully saturated rings. The summed E-state index contributed by atoms with van der Waals surface area (Å²) in [7, 11) is 0. The lowest BCUT2D eigenvalue weighted by molar-refractivity contribution is -0.0411. The highest BCUT2D eigenvalue weighted by atomic mass is 32.1. The number of carbonyl (C=O) groups excluding carboxylic acids is 1. The zero-order valence-electron chi connectivity index (χ0n) is 15.7. The summed E-state index contributed by atoms with van der Waals surface area (Å²) >= 11 is 1.01. The maximum atomic E-state index is 14.0. The lowest BCUT2D eigenvalue weighted by atomic mass is 9.98. The third kappa shape index (κ3) is 4.18. The Morgan fingerprint density at radius 2 is 2.03 bits per heavy atom. The highest BCUT2D eigenvalue weighted by Gasteiger charge is 2.24. The number of anilines is 1. The Kier molecular flexibility index (Phi) is 5.64. The molecule has 150 valence electrons. The number of nitrogens with one attached hydrogen (secondary N) is 1. The molecule has 1 aromatic carbocycles. The van der Waals surface area contributed by atoms with Crippen molar-refractivity contribution in [1.29, 1.82) is 0 Å². The minimum atomic E-state index is -0.718. The van der Waals surface area contributed by atoms with Crippen molar-refractivity contribution in [3.05, 3.63) is 64.9 Å². The van der Waals surface area contributed by atoms with E-state index in [1.807, 2.05) is 13.0 Å². The molecule has 8 heteroatoms. The van der Waals surface area contributed by atoms with Gasteiger partial charge in [-0.05, 0) is 44.4 Å². The molecule has 3 aromatic rings. The summed E-state index contributed by atoms with van der Waals surface area (Å²) in [4.78, 5) is 20.9. The molecule has 1 saturated heterocycles. The van der Waals surface area contributed by atoms with Gasteiger partial charge in [0, 0.05) is 17.1 Å². The highest BCUT2D eigenvalue weighted by Crippen LogP contribution is 2.35. The molecule has 0 bridgehead atoms. The predicted octanol–water partition coefficient (Wildman–Crippen LogP) is 5.37. The molecule has 2 aromatic heterocycles. The summed E-state index contributed by atoms with van der Waals surface area (Å²) < 4.78 is 34.0. The van der Waals surface area contributed by atoms with Crippen LogP contribution in [-0.2, 0) is 4.74 Å². The summed E-state index contributed by atoms with van der Waals surface area (Å²) in [5, 5.41) is 4.40. The fourth-order valence-corrected chi connectivity index (χ4v) is 4.25. The van der Waals surface area contributed by atoms with E-state index in [9.17, 15) is 13.6 Å². The van der Waals surface area contributed by atoms with Gasteiger partial charge in [0.05, 0.1) is 29.7 Å². The minimum absolute atomic E-state index is 0.0837. The van der Waals surface area contributed by atoms with Gasteiger partial charge in [-0.3, -0.25) is 9.78 Å².